The molecule has 0 aliphatic carbocycles. The Morgan fingerprint density at radius 2 is 2.05 bits per heavy atom. The van der Waals surface area contributed by atoms with Crippen LogP contribution in [0.4, 0.5) is 5.95 Å². The Bertz CT molecular complexity index is 801. The molecular formula is C16H19N3O2. The van der Waals surface area contributed by atoms with Crippen LogP contribution in [0.2, 0.25) is 0 Å². The Kier molecular flexibility index (Phi) is 3.12. The van der Waals surface area contributed by atoms with Gasteiger partial charge in [0.1, 0.15) is 17.3 Å². The van der Waals surface area contributed by atoms with Crippen LogP contribution >= 0.6 is 0 Å². The number of nitrogen functional groups attached to an aromatic ring is 1. The van der Waals surface area contributed by atoms with Gasteiger partial charge < -0.3 is 19.5 Å². The summed E-state index contributed by atoms with van der Waals surface area (Å²) in [7, 11) is 1.65. The zero-order valence-corrected chi connectivity index (χ0v) is 12.7. The zero-order valence-electron chi connectivity index (χ0n) is 12.7. The van der Waals surface area contributed by atoms with Crippen molar-refractivity contribution in [1.82, 2.24) is 9.55 Å². The van der Waals surface area contributed by atoms with Crippen molar-refractivity contribution in [2.75, 3.05) is 12.8 Å². The van der Waals surface area contributed by atoms with Gasteiger partial charge in [-0.25, -0.2) is 4.98 Å². The van der Waals surface area contributed by atoms with Gasteiger partial charge in [0.25, 0.3) is 0 Å². The van der Waals surface area contributed by atoms with Crippen LogP contribution in [-0.2, 0) is 0 Å². The van der Waals surface area contributed by atoms with Gasteiger partial charge in [-0.05, 0) is 39.0 Å². The topological polar surface area (TPSA) is 66.2 Å². The minimum atomic E-state index is 0.0413. The highest BCUT2D eigenvalue weighted by molar-refractivity contribution is 5.80. The highest BCUT2D eigenvalue weighted by atomic mass is 16.5. The van der Waals surface area contributed by atoms with Crippen LogP contribution in [0.3, 0.4) is 0 Å². The monoisotopic (exact) mass is 285 g/mol. The van der Waals surface area contributed by atoms with Crippen LogP contribution in [0, 0.1) is 13.8 Å². The summed E-state index contributed by atoms with van der Waals surface area (Å²) in [4.78, 5) is 4.43. The summed E-state index contributed by atoms with van der Waals surface area (Å²) in [6, 6.07) is 7.85. The van der Waals surface area contributed by atoms with Crippen molar-refractivity contribution in [3.05, 3.63) is 41.3 Å². The Hall–Kier alpha value is -2.43. The average molecular weight is 285 g/mol. The number of ether oxygens (including phenoxy) is 1. The van der Waals surface area contributed by atoms with Gasteiger partial charge in [0, 0.05) is 11.6 Å². The fraction of sp³-hybridized carbons (Fsp3) is 0.312. The minimum Gasteiger partial charge on any atom is -0.497 e. The molecule has 1 atom stereocenters. The van der Waals surface area contributed by atoms with Crippen molar-refractivity contribution in [1.29, 1.82) is 0 Å². The van der Waals surface area contributed by atoms with Crippen molar-refractivity contribution < 1.29 is 9.15 Å². The Balaban J connectivity index is 2.18. The highest BCUT2D eigenvalue weighted by Crippen LogP contribution is 2.31. The number of anilines is 1. The molecule has 0 saturated carbocycles. The van der Waals surface area contributed by atoms with E-state index >= 15 is 0 Å². The maximum absolute atomic E-state index is 6.12. The molecule has 0 bridgehead atoms. The molecule has 2 N–H and O–H groups in total. The standard InChI is InChI=1S/C16H19N3O2/c1-9-7-13(11(3)21-9)10(2)19-15-8-12(20-4)5-6-14(15)18-16(19)17/h5-8,10H,1-4H3,(H2,17,18). The molecule has 0 aliphatic heterocycles. The van der Waals surface area contributed by atoms with E-state index in [4.69, 9.17) is 14.9 Å². The quantitative estimate of drug-likeness (QED) is 0.800. The van der Waals surface area contributed by atoms with Gasteiger partial charge in [-0.2, -0.15) is 0 Å². The molecule has 2 heterocycles. The summed E-state index contributed by atoms with van der Waals surface area (Å²) in [6.45, 7) is 6.00. The smallest absolute Gasteiger partial charge is 0.201 e. The summed E-state index contributed by atoms with van der Waals surface area (Å²) >= 11 is 0. The third-order valence-corrected chi connectivity index (χ3v) is 3.84. The molecule has 0 aliphatic rings. The lowest BCUT2D eigenvalue weighted by Crippen LogP contribution is -2.10. The molecule has 3 rings (SSSR count). The van der Waals surface area contributed by atoms with Crippen molar-refractivity contribution >= 4 is 17.0 Å². The van der Waals surface area contributed by atoms with Crippen LogP contribution in [0.25, 0.3) is 11.0 Å². The van der Waals surface area contributed by atoms with Gasteiger partial charge >= 0.3 is 0 Å². The first-order valence-corrected chi connectivity index (χ1v) is 6.89. The average Bonchev–Trinajstić information content (AvgIpc) is 2.95. The maximum atomic E-state index is 6.12. The number of furan rings is 1. The van der Waals surface area contributed by atoms with E-state index in [-0.39, 0.29) is 6.04 Å². The van der Waals surface area contributed by atoms with Crippen molar-refractivity contribution in [3.63, 3.8) is 0 Å². The summed E-state index contributed by atoms with van der Waals surface area (Å²) < 4.78 is 12.9. The molecule has 0 saturated heterocycles. The number of nitrogens with two attached hydrogens (primary N) is 1. The van der Waals surface area contributed by atoms with Crippen LogP contribution in [0.1, 0.15) is 30.0 Å². The predicted molar refractivity (Wildman–Crippen MR) is 82.7 cm³/mol. The van der Waals surface area contributed by atoms with E-state index in [0.29, 0.717) is 5.95 Å². The number of rotatable bonds is 3. The number of fused-ring (bicyclic) bond motifs is 1. The van der Waals surface area contributed by atoms with Crippen LogP contribution < -0.4 is 10.5 Å². The summed E-state index contributed by atoms with van der Waals surface area (Å²) in [5.41, 5.74) is 9.05. The number of aryl methyl sites for hydroxylation is 2. The fourth-order valence-electron chi connectivity index (χ4n) is 2.83. The van der Waals surface area contributed by atoms with E-state index in [1.54, 1.807) is 7.11 Å². The highest BCUT2D eigenvalue weighted by Gasteiger charge is 2.19. The molecule has 0 spiro atoms. The third kappa shape index (κ3) is 2.14. The van der Waals surface area contributed by atoms with E-state index in [1.807, 2.05) is 42.7 Å². The fourth-order valence-corrected chi connectivity index (χ4v) is 2.83. The SMILES string of the molecule is COc1ccc2nc(N)n(C(C)c3cc(C)oc3C)c2c1. The zero-order chi connectivity index (χ0) is 15.1. The molecule has 0 radical (unpaired) electrons. The molecule has 0 fully saturated rings. The minimum absolute atomic E-state index is 0.0413. The number of hydrogen-bond donors (Lipinski definition) is 1. The van der Waals surface area contributed by atoms with Crippen LogP contribution in [0.5, 0.6) is 5.75 Å². The lowest BCUT2D eigenvalue weighted by molar-refractivity contribution is 0.415. The number of nitrogens with zero attached hydrogens (tertiary/aromatic N) is 2. The first-order valence-electron chi connectivity index (χ1n) is 6.89. The molecule has 0 amide bonds. The number of imidazole rings is 1. The second-order valence-electron chi connectivity index (χ2n) is 5.24. The van der Waals surface area contributed by atoms with Crippen LogP contribution in [-0.4, -0.2) is 16.7 Å². The van der Waals surface area contributed by atoms with Crippen molar-refractivity contribution in [2.24, 2.45) is 0 Å². The van der Waals surface area contributed by atoms with Gasteiger partial charge in [0.05, 0.1) is 24.2 Å². The summed E-state index contributed by atoms with van der Waals surface area (Å²) in [6.07, 6.45) is 0. The van der Waals surface area contributed by atoms with Gasteiger partial charge in [0.2, 0.25) is 5.95 Å². The molecule has 5 heteroatoms. The molecular weight excluding hydrogens is 266 g/mol. The lowest BCUT2D eigenvalue weighted by Gasteiger charge is -2.15. The van der Waals surface area contributed by atoms with E-state index < -0.39 is 0 Å². The molecule has 110 valence electrons. The second-order valence-corrected chi connectivity index (χ2v) is 5.24. The van der Waals surface area contributed by atoms with E-state index in [9.17, 15) is 0 Å². The largest absolute Gasteiger partial charge is 0.497 e. The van der Waals surface area contributed by atoms with Crippen molar-refractivity contribution in [2.45, 2.75) is 26.8 Å². The molecule has 1 unspecified atom stereocenters. The molecule has 5 nitrogen and oxygen atoms in total. The maximum Gasteiger partial charge on any atom is 0.201 e. The molecule has 2 aromatic heterocycles. The number of hydrogen-bond acceptors (Lipinski definition) is 4. The van der Waals surface area contributed by atoms with Gasteiger partial charge in [-0.3, -0.25) is 0 Å². The van der Waals surface area contributed by atoms with Gasteiger partial charge in [0.15, 0.2) is 0 Å². The third-order valence-electron chi connectivity index (χ3n) is 3.84. The second kappa shape index (κ2) is 4.84. The predicted octanol–water partition coefficient (Wildman–Crippen LogP) is 3.45. The van der Waals surface area contributed by atoms with Crippen LogP contribution in [0.15, 0.2) is 28.7 Å². The number of benzene rings is 1. The van der Waals surface area contributed by atoms with E-state index in [2.05, 4.69) is 11.9 Å². The van der Waals surface area contributed by atoms with E-state index in [1.165, 1.54) is 0 Å². The normalized spacial score (nSPS) is 12.8. The van der Waals surface area contributed by atoms with Crippen molar-refractivity contribution in [3.8, 4) is 5.75 Å². The first-order chi connectivity index (χ1) is 10.0. The van der Waals surface area contributed by atoms with Gasteiger partial charge in [-0.15, -0.1) is 0 Å². The molecule has 1 aromatic carbocycles. The lowest BCUT2D eigenvalue weighted by atomic mass is 10.1. The summed E-state index contributed by atoms with van der Waals surface area (Å²) in [5, 5.41) is 0. The molecule has 21 heavy (non-hydrogen) atoms. The molecule has 3 aromatic rings. The Morgan fingerprint density at radius 3 is 2.67 bits per heavy atom. The Labute approximate surface area is 123 Å². The van der Waals surface area contributed by atoms with E-state index in [0.717, 1.165) is 33.9 Å². The number of aromatic nitrogens is 2. The van der Waals surface area contributed by atoms with Gasteiger partial charge in [-0.1, -0.05) is 0 Å². The first kappa shape index (κ1) is 13.5. The Morgan fingerprint density at radius 1 is 1.29 bits per heavy atom. The number of methoxy groups -OCH3 is 1. The summed E-state index contributed by atoms with van der Waals surface area (Å²) in [5.74, 6) is 3.08.